The Morgan fingerprint density at radius 2 is 1.74 bits per heavy atom. The molecule has 0 spiro atoms. The molecule has 0 atom stereocenters. The van der Waals surface area contributed by atoms with Crippen molar-refractivity contribution in [2.24, 2.45) is 5.73 Å². The molecule has 4 N–H and O–H groups in total. The lowest BCUT2D eigenvalue weighted by Crippen LogP contribution is -2.18. The molecule has 0 aromatic heterocycles. The summed E-state index contributed by atoms with van der Waals surface area (Å²) in [5, 5.41) is 6.43. The number of hydrogen-bond donors (Lipinski definition) is 3. The van der Waals surface area contributed by atoms with Gasteiger partial charge in [0.05, 0.1) is 17.0 Å². The molecule has 2 aliphatic rings. The molecule has 3 aromatic rings. The first kappa shape index (κ1) is 22.5. The number of carbonyl (C=O) groups excluding carboxylic acids is 2. The Hall–Kier alpha value is -4.34. The highest BCUT2D eigenvalue weighted by Crippen LogP contribution is 2.38. The third kappa shape index (κ3) is 5.11. The minimum absolute atomic E-state index is 0.197. The first-order chi connectivity index (χ1) is 17.1. The van der Waals surface area contributed by atoms with Gasteiger partial charge in [0.15, 0.2) is 0 Å². The van der Waals surface area contributed by atoms with Crippen LogP contribution in [-0.2, 0) is 16.1 Å². The molecule has 35 heavy (non-hydrogen) atoms. The van der Waals surface area contributed by atoms with Crippen molar-refractivity contribution in [2.45, 2.75) is 19.4 Å². The summed E-state index contributed by atoms with van der Waals surface area (Å²) in [6.07, 6.45) is 2.55. The monoisotopic (exact) mass is 462 g/mol. The Kier molecular flexibility index (Phi) is 6.34. The first-order valence-electron chi connectivity index (χ1n) is 11.7. The van der Waals surface area contributed by atoms with E-state index >= 15 is 0 Å². The largest absolute Gasteiger partial charge is 0.359 e. The maximum Gasteiger partial charge on any atom is 0.293 e. The molecule has 3 aromatic carbocycles. The van der Waals surface area contributed by atoms with Crippen molar-refractivity contribution in [1.82, 2.24) is 4.90 Å². The van der Waals surface area contributed by atoms with Gasteiger partial charge in [-0.1, -0.05) is 54.5 Å². The van der Waals surface area contributed by atoms with Crippen molar-refractivity contribution in [3.8, 4) is 11.8 Å². The molecule has 0 saturated carbocycles. The van der Waals surface area contributed by atoms with Crippen molar-refractivity contribution in [1.29, 1.82) is 0 Å². The van der Waals surface area contributed by atoms with Gasteiger partial charge in [0.1, 0.15) is 0 Å². The van der Waals surface area contributed by atoms with E-state index in [1.165, 1.54) is 18.4 Å². The van der Waals surface area contributed by atoms with E-state index in [-0.39, 0.29) is 5.91 Å². The fourth-order valence-electron chi connectivity index (χ4n) is 4.55. The fraction of sp³-hybridized carbons (Fsp3) is 0.172. The van der Waals surface area contributed by atoms with Crippen LogP contribution < -0.4 is 16.4 Å². The number of nitrogens with zero attached hydrogens (tertiary/aromatic N) is 1. The van der Waals surface area contributed by atoms with Gasteiger partial charge in [-0.3, -0.25) is 14.5 Å². The number of rotatable bonds is 5. The maximum absolute atomic E-state index is 13.1. The molecule has 0 radical (unpaired) electrons. The van der Waals surface area contributed by atoms with Crippen molar-refractivity contribution in [3.05, 3.63) is 95.1 Å². The Morgan fingerprint density at radius 1 is 1.00 bits per heavy atom. The number of hydrogen-bond acceptors (Lipinski definition) is 4. The van der Waals surface area contributed by atoms with Crippen LogP contribution in [0, 0.1) is 11.8 Å². The zero-order chi connectivity index (χ0) is 24.2. The van der Waals surface area contributed by atoms with Gasteiger partial charge in [-0.15, -0.1) is 0 Å². The van der Waals surface area contributed by atoms with Crippen LogP contribution in [0.3, 0.4) is 0 Å². The van der Waals surface area contributed by atoms with E-state index in [1.54, 1.807) is 12.1 Å². The van der Waals surface area contributed by atoms with E-state index in [2.05, 4.69) is 51.6 Å². The van der Waals surface area contributed by atoms with Gasteiger partial charge in [0, 0.05) is 23.4 Å². The highest BCUT2D eigenvalue weighted by atomic mass is 16.2. The lowest BCUT2D eigenvalue weighted by molar-refractivity contribution is -0.113. The van der Waals surface area contributed by atoms with E-state index < -0.39 is 5.91 Å². The fourth-order valence-corrected chi connectivity index (χ4v) is 4.55. The van der Waals surface area contributed by atoms with E-state index in [0.29, 0.717) is 16.8 Å². The quantitative estimate of drug-likeness (QED) is 0.394. The van der Waals surface area contributed by atoms with Gasteiger partial charge in [0.2, 0.25) is 0 Å². The van der Waals surface area contributed by atoms with Crippen LogP contribution in [0.25, 0.3) is 11.3 Å². The molecule has 1 fully saturated rings. The molecule has 6 nitrogen and oxygen atoms in total. The van der Waals surface area contributed by atoms with Crippen molar-refractivity contribution >= 4 is 34.5 Å². The van der Waals surface area contributed by atoms with Crippen LogP contribution in [-0.4, -0.2) is 29.8 Å². The number of amides is 2. The molecule has 2 heterocycles. The summed E-state index contributed by atoms with van der Waals surface area (Å²) < 4.78 is 0. The summed E-state index contributed by atoms with van der Waals surface area (Å²) in [5.74, 6) is 4.16. The number of likely N-dealkylation sites (tertiary alicyclic amines) is 1. The number of anilines is 2. The average molecular weight is 463 g/mol. The predicted octanol–water partition coefficient (Wildman–Crippen LogP) is 4.05. The smallest absolute Gasteiger partial charge is 0.293 e. The van der Waals surface area contributed by atoms with Crippen LogP contribution in [0.4, 0.5) is 11.4 Å². The van der Waals surface area contributed by atoms with Crippen molar-refractivity contribution in [2.75, 3.05) is 23.7 Å². The standard InChI is InChI=1S/C29H26N4O2/c30-26(34)15-11-20-10-14-24-25(18-20)32-29(35)27(24)28(22-6-2-1-3-7-22)31-23-12-8-21(9-13-23)19-33-16-4-5-17-33/h1-3,6-10,12-14,18,31H,4-5,16-17,19H2,(H2,30,34)(H,32,35). The summed E-state index contributed by atoms with van der Waals surface area (Å²) in [4.78, 5) is 26.6. The highest BCUT2D eigenvalue weighted by Gasteiger charge is 2.28. The summed E-state index contributed by atoms with van der Waals surface area (Å²) in [6, 6.07) is 23.6. The lowest BCUT2D eigenvalue weighted by atomic mass is 9.99. The van der Waals surface area contributed by atoms with Crippen molar-refractivity contribution in [3.63, 3.8) is 0 Å². The van der Waals surface area contributed by atoms with Gasteiger partial charge < -0.3 is 16.4 Å². The lowest BCUT2D eigenvalue weighted by Gasteiger charge is -2.17. The molecule has 2 amide bonds. The number of nitrogens with two attached hydrogens (primary N) is 1. The maximum atomic E-state index is 13.1. The van der Waals surface area contributed by atoms with Crippen LogP contribution >= 0.6 is 0 Å². The Labute approximate surface area is 204 Å². The molecule has 0 unspecified atom stereocenters. The number of nitrogens with one attached hydrogen (secondary N) is 2. The number of carbonyl (C=O) groups is 2. The topological polar surface area (TPSA) is 87.5 Å². The summed E-state index contributed by atoms with van der Waals surface area (Å²) >= 11 is 0. The Bertz CT molecular complexity index is 1360. The highest BCUT2D eigenvalue weighted by molar-refractivity contribution is 6.37. The molecule has 5 rings (SSSR count). The van der Waals surface area contributed by atoms with Gasteiger partial charge in [-0.05, 0) is 67.2 Å². The predicted molar refractivity (Wildman–Crippen MR) is 139 cm³/mol. The zero-order valence-corrected chi connectivity index (χ0v) is 19.3. The Morgan fingerprint density at radius 3 is 2.46 bits per heavy atom. The normalized spacial score (nSPS) is 16.2. The molecule has 174 valence electrons. The number of benzene rings is 3. The molecular formula is C29H26N4O2. The van der Waals surface area contributed by atoms with Crippen LogP contribution in [0.15, 0.2) is 72.8 Å². The van der Waals surface area contributed by atoms with Crippen LogP contribution in [0.2, 0.25) is 0 Å². The van der Waals surface area contributed by atoms with Crippen LogP contribution in [0.1, 0.15) is 35.1 Å². The molecule has 6 heteroatoms. The van der Waals surface area contributed by atoms with Gasteiger partial charge in [-0.2, -0.15) is 0 Å². The summed E-state index contributed by atoms with van der Waals surface area (Å²) in [6.45, 7) is 3.28. The van der Waals surface area contributed by atoms with Gasteiger partial charge >= 0.3 is 0 Å². The second kappa shape index (κ2) is 9.88. The third-order valence-corrected chi connectivity index (χ3v) is 6.23. The Balaban J connectivity index is 1.49. The second-order valence-corrected chi connectivity index (χ2v) is 8.75. The second-order valence-electron chi connectivity index (χ2n) is 8.75. The zero-order valence-electron chi connectivity index (χ0n) is 19.3. The number of primary amides is 1. The first-order valence-corrected chi connectivity index (χ1v) is 11.7. The third-order valence-electron chi connectivity index (χ3n) is 6.23. The SMILES string of the molecule is NC(=O)C#Cc1ccc2c(c1)NC(=O)C2=C(Nc1ccc(CN2CCCC2)cc1)c1ccccc1. The molecular weight excluding hydrogens is 436 g/mol. The van der Waals surface area contributed by atoms with Gasteiger partial charge in [-0.25, -0.2) is 0 Å². The minimum atomic E-state index is -0.697. The number of fused-ring (bicyclic) bond motifs is 1. The van der Waals surface area contributed by atoms with E-state index in [1.807, 2.05) is 36.4 Å². The molecule has 2 aliphatic heterocycles. The van der Waals surface area contributed by atoms with Gasteiger partial charge in [0.25, 0.3) is 11.8 Å². The minimum Gasteiger partial charge on any atom is -0.359 e. The molecule has 0 aliphatic carbocycles. The summed E-state index contributed by atoms with van der Waals surface area (Å²) in [7, 11) is 0. The van der Waals surface area contributed by atoms with Crippen LogP contribution in [0.5, 0.6) is 0 Å². The molecule has 1 saturated heterocycles. The van der Waals surface area contributed by atoms with E-state index in [0.717, 1.165) is 42.1 Å². The average Bonchev–Trinajstić information content (AvgIpc) is 3.49. The molecule has 0 bridgehead atoms. The van der Waals surface area contributed by atoms with E-state index in [4.69, 9.17) is 5.73 Å². The van der Waals surface area contributed by atoms with Crippen molar-refractivity contribution < 1.29 is 9.59 Å². The summed E-state index contributed by atoms with van der Waals surface area (Å²) in [5.41, 5.74) is 11.5. The van der Waals surface area contributed by atoms with E-state index in [9.17, 15) is 9.59 Å².